The van der Waals surface area contributed by atoms with Crippen molar-refractivity contribution in [3.63, 3.8) is 0 Å². The summed E-state index contributed by atoms with van der Waals surface area (Å²) in [6.45, 7) is 0.821. The van der Waals surface area contributed by atoms with Crippen molar-refractivity contribution in [3.8, 4) is 17.0 Å². The quantitative estimate of drug-likeness (QED) is 0.832. The van der Waals surface area contributed by atoms with Crippen LogP contribution in [0.15, 0.2) is 36.4 Å². The van der Waals surface area contributed by atoms with Gasteiger partial charge in [-0.2, -0.15) is 0 Å². The van der Waals surface area contributed by atoms with Crippen molar-refractivity contribution in [2.75, 3.05) is 27.4 Å². The van der Waals surface area contributed by atoms with Gasteiger partial charge in [0.15, 0.2) is 0 Å². The number of methoxy groups -OCH3 is 2. The molecule has 0 unspecified atom stereocenters. The number of pyridine rings is 1. The van der Waals surface area contributed by atoms with Gasteiger partial charge in [0.2, 0.25) is 0 Å². The summed E-state index contributed by atoms with van der Waals surface area (Å²) in [6.07, 6.45) is 0. The van der Waals surface area contributed by atoms with E-state index in [1.165, 1.54) is 19.2 Å². The van der Waals surface area contributed by atoms with Crippen LogP contribution in [0.4, 0.5) is 4.39 Å². The Morgan fingerprint density at radius 2 is 1.91 bits per heavy atom. The monoisotopic (exact) mass is 304 g/mol. The van der Waals surface area contributed by atoms with Gasteiger partial charge >= 0.3 is 0 Å². The summed E-state index contributed by atoms with van der Waals surface area (Å²) in [5, 5.41) is 2.70. The molecular weight excluding hydrogens is 287 g/mol. The van der Waals surface area contributed by atoms with Crippen LogP contribution >= 0.6 is 0 Å². The second kappa shape index (κ2) is 7.51. The van der Waals surface area contributed by atoms with Gasteiger partial charge in [-0.15, -0.1) is 0 Å². The minimum absolute atomic E-state index is 0.260. The van der Waals surface area contributed by atoms with Crippen molar-refractivity contribution in [1.29, 1.82) is 0 Å². The molecule has 0 saturated heterocycles. The van der Waals surface area contributed by atoms with Crippen LogP contribution in [-0.2, 0) is 4.74 Å². The number of halogens is 1. The smallest absolute Gasteiger partial charge is 0.269 e. The lowest BCUT2D eigenvalue weighted by atomic mass is 10.1. The maximum Gasteiger partial charge on any atom is 0.269 e. The average Bonchev–Trinajstić information content (AvgIpc) is 2.55. The molecule has 0 aliphatic rings. The van der Waals surface area contributed by atoms with E-state index in [1.54, 1.807) is 31.4 Å². The van der Waals surface area contributed by atoms with Crippen LogP contribution in [0.25, 0.3) is 11.3 Å². The topological polar surface area (TPSA) is 60.5 Å². The molecule has 1 aromatic carbocycles. The fourth-order valence-corrected chi connectivity index (χ4v) is 1.91. The van der Waals surface area contributed by atoms with Crippen molar-refractivity contribution in [1.82, 2.24) is 10.3 Å². The first-order valence-electron chi connectivity index (χ1n) is 6.74. The van der Waals surface area contributed by atoms with E-state index in [0.717, 1.165) is 0 Å². The zero-order valence-electron chi connectivity index (χ0n) is 12.4. The Bertz CT molecular complexity index is 644. The van der Waals surface area contributed by atoms with Gasteiger partial charge in [-0.25, -0.2) is 9.37 Å². The highest BCUT2D eigenvalue weighted by Gasteiger charge is 2.13. The van der Waals surface area contributed by atoms with Gasteiger partial charge < -0.3 is 14.8 Å². The maximum atomic E-state index is 13.0. The summed E-state index contributed by atoms with van der Waals surface area (Å²) in [6, 6.07) is 9.09. The summed E-state index contributed by atoms with van der Waals surface area (Å²) in [5.41, 5.74) is 1.42. The lowest BCUT2D eigenvalue weighted by Gasteiger charge is -2.10. The zero-order valence-corrected chi connectivity index (χ0v) is 12.4. The molecule has 1 N–H and O–H groups in total. The first-order valence-corrected chi connectivity index (χ1v) is 6.74. The molecule has 6 heteroatoms. The Morgan fingerprint density at radius 1 is 1.18 bits per heavy atom. The highest BCUT2D eigenvalue weighted by atomic mass is 19.1. The largest absolute Gasteiger partial charge is 0.494 e. The SMILES string of the molecule is COCCNC(=O)c1ccc(OC)c(-c2ccc(F)cc2)n1. The van der Waals surface area contributed by atoms with E-state index in [-0.39, 0.29) is 17.4 Å². The number of amides is 1. The first kappa shape index (κ1) is 15.9. The van der Waals surface area contributed by atoms with Gasteiger partial charge in [0.25, 0.3) is 5.91 Å². The standard InChI is InChI=1S/C16H17FN2O3/c1-21-10-9-18-16(20)13-7-8-14(22-2)15(19-13)11-3-5-12(17)6-4-11/h3-8H,9-10H2,1-2H3,(H,18,20). The lowest BCUT2D eigenvalue weighted by Crippen LogP contribution is -2.27. The van der Waals surface area contributed by atoms with Gasteiger partial charge in [-0.05, 0) is 36.4 Å². The number of carbonyl (C=O) groups excluding carboxylic acids is 1. The molecule has 0 aliphatic carbocycles. The van der Waals surface area contributed by atoms with Crippen LogP contribution in [0.2, 0.25) is 0 Å². The van der Waals surface area contributed by atoms with Crippen LogP contribution in [0.1, 0.15) is 10.5 Å². The van der Waals surface area contributed by atoms with Gasteiger partial charge in [-0.1, -0.05) is 0 Å². The van der Waals surface area contributed by atoms with E-state index in [9.17, 15) is 9.18 Å². The summed E-state index contributed by atoms with van der Waals surface area (Å²) >= 11 is 0. The molecule has 0 saturated carbocycles. The Kier molecular flexibility index (Phi) is 5.43. The molecule has 0 atom stereocenters. The molecule has 0 spiro atoms. The summed E-state index contributed by atoms with van der Waals surface area (Å²) in [5.74, 6) is -0.126. The summed E-state index contributed by atoms with van der Waals surface area (Å²) < 4.78 is 23.2. The van der Waals surface area contributed by atoms with E-state index < -0.39 is 0 Å². The predicted octanol–water partition coefficient (Wildman–Crippen LogP) is 2.27. The highest BCUT2D eigenvalue weighted by Crippen LogP contribution is 2.28. The molecule has 1 heterocycles. The van der Waals surface area contributed by atoms with Crippen molar-refractivity contribution in [3.05, 3.63) is 47.9 Å². The van der Waals surface area contributed by atoms with Crippen molar-refractivity contribution >= 4 is 5.91 Å². The average molecular weight is 304 g/mol. The third-order valence-corrected chi connectivity index (χ3v) is 3.02. The number of nitrogens with one attached hydrogen (secondary N) is 1. The molecule has 22 heavy (non-hydrogen) atoms. The molecule has 0 radical (unpaired) electrons. The molecule has 2 aromatic rings. The highest BCUT2D eigenvalue weighted by molar-refractivity contribution is 5.93. The third kappa shape index (κ3) is 3.79. The van der Waals surface area contributed by atoms with Crippen LogP contribution in [0, 0.1) is 5.82 Å². The summed E-state index contributed by atoms with van der Waals surface area (Å²) in [4.78, 5) is 16.3. The van der Waals surface area contributed by atoms with Gasteiger partial charge in [0.1, 0.15) is 23.0 Å². The van der Waals surface area contributed by atoms with Gasteiger partial charge in [0, 0.05) is 19.2 Å². The molecule has 2 rings (SSSR count). The molecule has 5 nitrogen and oxygen atoms in total. The third-order valence-electron chi connectivity index (χ3n) is 3.02. The van der Waals surface area contributed by atoms with E-state index in [0.29, 0.717) is 30.2 Å². The Balaban J connectivity index is 2.30. The van der Waals surface area contributed by atoms with Gasteiger partial charge in [0.05, 0.1) is 13.7 Å². The molecular formula is C16H17FN2O3. The Hall–Kier alpha value is -2.47. The number of benzene rings is 1. The molecule has 0 aliphatic heterocycles. The normalized spacial score (nSPS) is 10.3. The van der Waals surface area contributed by atoms with Crippen molar-refractivity contribution < 1.29 is 18.7 Å². The molecule has 0 bridgehead atoms. The number of hydrogen-bond acceptors (Lipinski definition) is 4. The Labute approximate surface area is 128 Å². The summed E-state index contributed by atoms with van der Waals surface area (Å²) in [7, 11) is 3.08. The Morgan fingerprint density at radius 3 is 2.55 bits per heavy atom. The molecule has 0 fully saturated rings. The van der Waals surface area contributed by atoms with E-state index in [2.05, 4.69) is 10.3 Å². The van der Waals surface area contributed by atoms with Crippen molar-refractivity contribution in [2.45, 2.75) is 0 Å². The van der Waals surface area contributed by atoms with E-state index in [4.69, 9.17) is 9.47 Å². The second-order valence-corrected chi connectivity index (χ2v) is 4.50. The molecule has 116 valence electrons. The molecule has 1 aromatic heterocycles. The fourth-order valence-electron chi connectivity index (χ4n) is 1.91. The van der Waals surface area contributed by atoms with Crippen LogP contribution in [-0.4, -0.2) is 38.3 Å². The van der Waals surface area contributed by atoms with E-state index in [1.807, 2.05) is 0 Å². The second-order valence-electron chi connectivity index (χ2n) is 4.50. The van der Waals surface area contributed by atoms with E-state index >= 15 is 0 Å². The van der Waals surface area contributed by atoms with Crippen LogP contribution in [0.3, 0.4) is 0 Å². The van der Waals surface area contributed by atoms with Crippen molar-refractivity contribution in [2.24, 2.45) is 0 Å². The van der Waals surface area contributed by atoms with Gasteiger partial charge in [-0.3, -0.25) is 4.79 Å². The number of rotatable bonds is 6. The number of ether oxygens (including phenoxy) is 2. The zero-order chi connectivity index (χ0) is 15.9. The molecule has 1 amide bonds. The predicted molar refractivity (Wildman–Crippen MR) is 80.4 cm³/mol. The number of carbonyl (C=O) groups is 1. The fraction of sp³-hybridized carbons (Fsp3) is 0.250. The lowest BCUT2D eigenvalue weighted by molar-refractivity contribution is 0.0932. The van der Waals surface area contributed by atoms with Crippen LogP contribution in [0.5, 0.6) is 5.75 Å². The maximum absolute atomic E-state index is 13.0. The number of nitrogens with zero attached hydrogens (tertiary/aromatic N) is 1. The first-order chi connectivity index (χ1) is 10.7. The minimum Gasteiger partial charge on any atom is -0.494 e. The number of hydrogen-bond donors (Lipinski definition) is 1. The minimum atomic E-state index is -0.337. The number of aromatic nitrogens is 1. The van der Waals surface area contributed by atoms with Crippen LogP contribution < -0.4 is 10.1 Å².